The van der Waals surface area contributed by atoms with Crippen molar-refractivity contribution in [1.29, 1.82) is 10.5 Å². The fourth-order valence-corrected chi connectivity index (χ4v) is 8.99. The highest BCUT2D eigenvalue weighted by Crippen LogP contribution is 2.41. The summed E-state index contributed by atoms with van der Waals surface area (Å²) in [6.07, 6.45) is 0. The molecular formula is C44H24N2S2. The first kappa shape index (κ1) is 28.2. The highest BCUT2D eigenvalue weighted by Gasteiger charge is 2.14. The lowest BCUT2D eigenvalue weighted by Crippen LogP contribution is -1.90. The molecule has 0 aliphatic carbocycles. The van der Waals surface area contributed by atoms with Gasteiger partial charge in [0.1, 0.15) is 0 Å². The lowest BCUT2D eigenvalue weighted by Gasteiger charge is -2.13. The molecule has 0 atom stereocenters. The van der Waals surface area contributed by atoms with Crippen molar-refractivity contribution in [3.63, 3.8) is 0 Å². The summed E-state index contributed by atoms with van der Waals surface area (Å²) < 4.78 is 5.17. The quantitative estimate of drug-likeness (QED) is 0.191. The topological polar surface area (TPSA) is 47.6 Å². The minimum Gasteiger partial charge on any atom is -0.192 e. The zero-order valence-electron chi connectivity index (χ0n) is 25.6. The maximum absolute atomic E-state index is 9.77. The monoisotopic (exact) mass is 644 g/mol. The van der Waals surface area contributed by atoms with Gasteiger partial charge in [-0.2, -0.15) is 10.5 Å². The molecule has 0 spiro atoms. The summed E-state index contributed by atoms with van der Waals surface area (Å²) in [6, 6.07) is 55.8. The number of benzene rings is 7. The van der Waals surface area contributed by atoms with Gasteiger partial charge >= 0.3 is 0 Å². The Morgan fingerprint density at radius 1 is 0.333 bits per heavy atom. The number of rotatable bonds is 4. The van der Waals surface area contributed by atoms with Crippen molar-refractivity contribution in [2.24, 2.45) is 0 Å². The molecule has 2 aromatic heterocycles. The number of hydrogen-bond donors (Lipinski definition) is 0. The van der Waals surface area contributed by atoms with Crippen LogP contribution in [0.2, 0.25) is 0 Å². The summed E-state index contributed by atoms with van der Waals surface area (Å²) in [4.78, 5) is 0. The van der Waals surface area contributed by atoms with Gasteiger partial charge in [0.05, 0.1) is 23.3 Å². The third kappa shape index (κ3) is 4.67. The molecule has 0 radical (unpaired) electrons. The van der Waals surface area contributed by atoms with E-state index >= 15 is 0 Å². The normalized spacial score (nSPS) is 11.3. The average molecular weight is 645 g/mol. The van der Waals surface area contributed by atoms with E-state index in [0.29, 0.717) is 16.7 Å². The molecule has 222 valence electrons. The smallest absolute Gasteiger partial charge is 0.0998 e. The molecule has 0 aliphatic heterocycles. The van der Waals surface area contributed by atoms with Crippen molar-refractivity contribution in [3.8, 4) is 56.6 Å². The highest BCUT2D eigenvalue weighted by molar-refractivity contribution is 7.26. The Hall–Kier alpha value is -6.04. The van der Waals surface area contributed by atoms with Crippen molar-refractivity contribution < 1.29 is 0 Å². The molecule has 0 saturated heterocycles. The summed E-state index contributed by atoms with van der Waals surface area (Å²) in [5, 5.41) is 24.7. The predicted molar refractivity (Wildman–Crippen MR) is 203 cm³/mol. The Kier molecular flexibility index (Phi) is 6.66. The molecule has 4 heteroatoms. The molecule has 0 bridgehead atoms. The molecule has 2 nitrogen and oxygen atoms in total. The van der Waals surface area contributed by atoms with Crippen LogP contribution in [0, 0.1) is 22.7 Å². The van der Waals surface area contributed by atoms with Gasteiger partial charge < -0.3 is 0 Å². The largest absolute Gasteiger partial charge is 0.192 e. The Morgan fingerprint density at radius 3 is 1.25 bits per heavy atom. The van der Waals surface area contributed by atoms with E-state index in [-0.39, 0.29) is 0 Å². The second-order valence-corrected chi connectivity index (χ2v) is 14.1. The van der Waals surface area contributed by atoms with E-state index in [1.165, 1.54) is 51.5 Å². The SMILES string of the molecule is N#Cc1cccc(C#N)c1-c1ccc(-c2cc(-c3ccc4sc5ccccc5c4c3)cc(-c3ccc4sc5ccccc5c4c3)c2)cc1. The van der Waals surface area contributed by atoms with Crippen LogP contribution >= 0.6 is 22.7 Å². The number of nitriles is 2. The molecule has 0 saturated carbocycles. The summed E-state index contributed by atoms with van der Waals surface area (Å²) in [7, 11) is 0. The van der Waals surface area contributed by atoms with E-state index in [0.717, 1.165) is 27.8 Å². The Labute approximate surface area is 285 Å². The van der Waals surface area contributed by atoms with Crippen molar-refractivity contribution in [2.75, 3.05) is 0 Å². The van der Waals surface area contributed by atoms with Gasteiger partial charge in [0, 0.05) is 45.9 Å². The van der Waals surface area contributed by atoms with Gasteiger partial charge in [-0.25, -0.2) is 0 Å². The van der Waals surface area contributed by atoms with Gasteiger partial charge in [0.15, 0.2) is 0 Å². The molecule has 0 unspecified atom stereocenters. The standard InChI is InChI=1S/C44H24N2S2/c45-25-31-6-5-7-32(26-46)44(31)28-14-12-27(13-15-28)33-20-34(29-16-18-42-38(23-29)36-8-1-3-10-40(36)47-42)22-35(21-33)30-17-19-43-39(24-30)37-9-2-4-11-41(37)48-43/h1-24H. The third-order valence-corrected chi connectivity index (χ3v) is 11.5. The van der Waals surface area contributed by atoms with E-state index in [9.17, 15) is 10.5 Å². The van der Waals surface area contributed by atoms with Crippen LogP contribution in [0.4, 0.5) is 0 Å². The summed E-state index contributed by atoms with van der Waals surface area (Å²) in [5.41, 5.74) is 9.36. The Bertz CT molecular complexity index is 2640. The number of hydrogen-bond acceptors (Lipinski definition) is 4. The van der Waals surface area contributed by atoms with E-state index in [1.54, 1.807) is 18.2 Å². The first-order valence-corrected chi connectivity index (χ1v) is 17.3. The number of nitrogens with zero attached hydrogens (tertiary/aromatic N) is 2. The minimum absolute atomic E-state index is 0.499. The fraction of sp³-hybridized carbons (Fsp3) is 0. The third-order valence-electron chi connectivity index (χ3n) is 9.17. The van der Waals surface area contributed by atoms with Gasteiger partial charge in [-0.1, -0.05) is 78.9 Å². The van der Waals surface area contributed by atoms with Gasteiger partial charge in [-0.05, 0) is 106 Å². The zero-order chi connectivity index (χ0) is 32.2. The average Bonchev–Trinajstić information content (AvgIpc) is 3.72. The van der Waals surface area contributed by atoms with Crippen LogP contribution in [0.1, 0.15) is 11.1 Å². The molecular weight excluding hydrogens is 621 g/mol. The van der Waals surface area contributed by atoms with Crippen molar-refractivity contribution in [2.45, 2.75) is 0 Å². The first-order valence-electron chi connectivity index (χ1n) is 15.7. The zero-order valence-corrected chi connectivity index (χ0v) is 27.2. The second-order valence-electron chi connectivity index (χ2n) is 11.9. The minimum atomic E-state index is 0.499. The van der Waals surface area contributed by atoms with E-state index in [4.69, 9.17) is 0 Å². The van der Waals surface area contributed by atoms with E-state index in [2.05, 4.69) is 127 Å². The maximum atomic E-state index is 9.77. The van der Waals surface area contributed by atoms with Crippen LogP contribution in [0.3, 0.4) is 0 Å². The molecule has 0 amide bonds. The molecule has 9 aromatic rings. The summed E-state index contributed by atoms with van der Waals surface area (Å²) in [6.45, 7) is 0. The molecule has 0 N–H and O–H groups in total. The van der Waals surface area contributed by atoms with Gasteiger partial charge in [-0.3, -0.25) is 0 Å². The fourth-order valence-electron chi connectivity index (χ4n) is 6.82. The number of thiophene rings is 2. The summed E-state index contributed by atoms with van der Waals surface area (Å²) in [5.74, 6) is 0. The lowest BCUT2D eigenvalue weighted by atomic mass is 9.91. The van der Waals surface area contributed by atoms with Crippen LogP contribution < -0.4 is 0 Å². The second kappa shape index (κ2) is 11.3. The van der Waals surface area contributed by atoms with Gasteiger partial charge in [0.2, 0.25) is 0 Å². The van der Waals surface area contributed by atoms with Gasteiger partial charge in [0.25, 0.3) is 0 Å². The van der Waals surface area contributed by atoms with Crippen molar-refractivity contribution >= 4 is 63.0 Å². The van der Waals surface area contributed by atoms with E-state index < -0.39 is 0 Å². The number of fused-ring (bicyclic) bond motifs is 6. The van der Waals surface area contributed by atoms with Gasteiger partial charge in [-0.15, -0.1) is 22.7 Å². The molecule has 48 heavy (non-hydrogen) atoms. The van der Waals surface area contributed by atoms with Crippen LogP contribution in [0.5, 0.6) is 0 Å². The van der Waals surface area contributed by atoms with Crippen LogP contribution in [-0.2, 0) is 0 Å². The first-order chi connectivity index (χ1) is 23.7. The van der Waals surface area contributed by atoms with E-state index in [1.807, 2.05) is 34.8 Å². The van der Waals surface area contributed by atoms with Crippen molar-refractivity contribution in [1.82, 2.24) is 0 Å². The van der Waals surface area contributed by atoms with Crippen LogP contribution in [0.15, 0.2) is 146 Å². The van der Waals surface area contributed by atoms with Crippen LogP contribution in [-0.4, -0.2) is 0 Å². The van der Waals surface area contributed by atoms with Crippen LogP contribution in [0.25, 0.3) is 84.9 Å². The molecule has 0 fully saturated rings. The summed E-state index contributed by atoms with van der Waals surface area (Å²) >= 11 is 3.67. The predicted octanol–water partition coefficient (Wildman–Crippen LogP) is 12.8. The highest BCUT2D eigenvalue weighted by atomic mass is 32.1. The Balaban J connectivity index is 1.22. The molecule has 2 heterocycles. The Morgan fingerprint density at radius 2 is 0.750 bits per heavy atom. The lowest BCUT2D eigenvalue weighted by molar-refractivity contribution is 1.44. The molecule has 9 rings (SSSR count). The maximum Gasteiger partial charge on any atom is 0.0998 e. The molecule has 7 aromatic carbocycles. The van der Waals surface area contributed by atoms with Crippen molar-refractivity contribution in [3.05, 3.63) is 157 Å². The molecule has 0 aliphatic rings.